The van der Waals surface area contributed by atoms with Gasteiger partial charge in [-0.3, -0.25) is 0 Å². The summed E-state index contributed by atoms with van der Waals surface area (Å²) in [6.45, 7) is 0. The average Bonchev–Trinajstić information content (AvgIpc) is 1.30. The molecule has 1 aliphatic heterocycles. The molecule has 0 amide bonds. The Morgan fingerprint density at radius 3 is 2.20 bits per heavy atom. The normalized spacial score (nSPS) is 41.4. The van der Waals surface area contributed by atoms with Crippen LogP contribution in [0, 0.1) is 0 Å². The summed E-state index contributed by atoms with van der Waals surface area (Å²) in [6, 6.07) is 3.01. The lowest BCUT2D eigenvalue weighted by Gasteiger charge is -2.13. The van der Waals surface area contributed by atoms with E-state index >= 15 is 0 Å². The van der Waals surface area contributed by atoms with Gasteiger partial charge >= 0.3 is 0 Å². The summed E-state index contributed by atoms with van der Waals surface area (Å²) in [5.74, 6) is 0. The van der Waals surface area contributed by atoms with Crippen LogP contribution in [0.3, 0.4) is 0 Å². The van der Waals surface area contributed by atoms with Gasteiger partial charge in [-0.1, -0.05) is 12.1 Å². The Kier molecular flexibility index (Phi) is 1.13. The van der Waals surface area contributed by atoms with E-state index in [2.05, 4.69) is 0 Å². The van der Waals surface area contributed by atoms with Crippen LogP contribution < -0.4 is 0 Å². The fourth-order valence-corrected chi connectivity index (χ4v) is 6.00. The molecule has 0 radical (unpaired) electrons. The monoisotopic (exact) mass is 122 g/mol. The molecule has 1 heterocycles. The second-order valence-corrected chi connectivity index (χ2v) is 12.7. The molecule has 1 unspecified atom stereocenters. The van der Waals surface area contributed by atoms with Crippen molar-refractivity contribution < 1.29 is 0 Å². The van der Waals surface area contributed by atoms with Gasteiger partial charge < -0.3 is 0 Å². The second kappa shape index (κ2) is 1.45. The van der Waals surface area contributed by atoms with E-state index in [9.17, 15) is 0 Å². The molecular weight excluding hydrogens is 116 g/mol. The molecule has 1 aliphatic rings. The van der Waals surface area contributed by atoms with Crippen LogP contribution in [-0.4, -0.2) is 16.7 Å². The minimum atomic E-state index is -0.358. The highest BCUT2D eigenvalue weighted by Gasteiger charge is 2.15. The first-order valence-corrected chi connectivity index (χ1v) is 8.86. The summed E-state index contributed by atoms with van der Waals surface area (Å²) >= 11 is 5.75. The SMILES string of the molecule is Cl[SiH]1CC[SiH2]1. The van der Waals surface area contributed by atoms with Crippen LogP contribution in [0.15, 0.2) is 0 Å². The van der Waals surface area contributed by atoms with Gasteiger partial charge in [-0.15, -0.1) is 0 Å². The van der Waals surface area contributed by atoms with Gasteiger partial charge in [-0.2, -0.15) is 11.1 Å². The van der Waals surface area contributed by atoms with Gasteiger partial charge in [0.25, 0.3) is 0 Å². The first-order chi connectivity index (χ1) is 2.39. The van der Waals surface area contributed by atoms with Crippen molar-refractivity contribution in [2.45, 2.75) is 12.1 Å². The Hall–Kier alpha value is 0.724. The summed E-state index contributed by atoms with van der Waals surface area (Å²) in [5.41, 5.74) is 0. The van der Waals surface area contributed by atoms with Gasteiger partial charge in [-0.25, -0.2) is 0 Å². The lowest BCUT2D eigenvalue weighted by Crippen LogP contribution is -2.25. The summed E-state index contributed by atoms with van der Waals surface area (Å²) < 4.78 is 0. The summed E-state index contributed by atoms with van der Waals surface area (Å²) in [4.78, 5) is 0. The van der Waals surface area contributed by atoms with Gasteiger partial charge in [0.2, 0.25) is 0 Å². The van der Waals surface area contributed by atoms with Crippen molar-refractivity contribution in [1.82, 2.24) is 0 Å². The van der Waals surface area contributed by atoms with Crippen LogP contribution in [0.2, 0.25) is 12.1 Å². The number of hydrogen-bond acceptors (Lipinski definition) is 0. The Bertz CT molecular complexity index is 34.6. The second-order valence-electron chi connectivity index (χ2n) is 1.53. The summed E-state index contributed by atoms with van der Waals surface area (Å²) in [6.07, 6.45) is 0. The third-order valence-corrected chi connectivity index (χ3v) is 11.3. The largest absolute Gasteiger partial charge is 0.176 e. The summed E-state index contributed by atoms with van der Waals surface area (Å²) in [5, 5.41) is 0. The molecule has 1 atom stereocenters. The van der Waals surface area contributed by atoms with E-state index in [4.69, 9.17) is 11.1 Å². The quantitative estimate of drug-likeness (QED) is 0.315. The van der Waals surface area contributed by atoms with Crippen LogP contribution in [0.1, 0.15) is 0 Å². The Morgan fingerprint density at radius 1 is 1.80 bits per heavy atom. The van der Waals surface area contributed by atoms with Crippen molar-refractivity contribution in [3.05, 3.63) is 0 Å². The average molecular weight is 123 g/mol. The zero-order valence-electron chi connectivity index (χ0n) is 3.08. The molecule has 0 aromatic heterocycles. The molecule has 1 rings (SSSR count). The van der Waals surface area contributed by atoms with E-state index in [1.54, 1.807) is 6.04 Å². The van der Waals surface area contributed by atoms with Crippen LogP contribution in [-0.2, 0) is 0 Å². The van der Waals surface area contributed by atoms with Gasteiger partial charge in [0.15, 0.2) is 0 Å². The van der Waals surface area contributed by atoms with Crippen molar-refractivity contribution in [3.8, 4) is 0 Å². The van der Waals surface area contributed by atoms with Crippen molar-refractivity contribution >= 4 is 27.7 Å². The molecule has 5 heavy (non-hydrogen) atoms. The van der Waals surface area contributed by atoms with Crippen LogP contribution in [0.25, 0.3) is 0 Å². The molecule has 0 aromatic rings. The minimum Gasteiger partial charge on any atom is -0.176 e. The molecule has 0 nitrogen and oxygen atoms in total. The van der Waals surface area contributed by atoms with Gasteiger partial charge in [0.05, 0.1) is 0 Å². The molecule has 0 aliphatic carbocycles. The zero-order valence-corrected chi connectivity index (χ0v) is 6.40. The van der Waals surface area contributed by atoms with Crippen LogP contribution >= 0.6 is 11.1 Å². The topological polar surface area (TPSA) is 0 Å². The van der Waals surface area contributed by atoms with E-state index < -0.39 is 0 Å². The highest BCUT2D eigenvalue weighted by molar-refractivity contribution is 7.40. The first-order valence-electron chi connectivity index (χ1n) is 2.03. The number of rotatable bonds is 0. The maximum atomic E-state index is 5.75. The third-order valence-electron chi connectivity index (χ3n) is 1.03. The Balaban J connectivity index is 2.08. The predicted octanol–water partition coefficient (Wildman–Crippen LogP) is 0.0464. The molecule has 0 spiro atoms. The highest BCUT2D eigenvalue weighted by Crippen LogP contribution is 2.12. The summed E-state index contributed by atoms with van der Waals surface area (Å²) in [7, 11) is 0.0756. The maximum Gasteiger partial charge on any atom is 0.124 e. The fraction of sp³-hybridized carbons (Fsp3) is 1.00. The third kappa shape index (κ3) is 0.775. The maximum absolute atomic E-state index is 5.75. The van der Waals surface area contributed by atoms with Gasteiger partial charge in [-0.05, 0) is 0 Å². The molecule has 0 aromatic carbocycles. The van der Waals surface area contributed by atoms with E-state index in [-0.39, 0.29) is 7.62 Å². The lowest BCUT2D eigenvalue weighted by atomic mass is 10.9. The van der Waals surface area contributed by atoms with Crippen molar-refractivity contribution in [1.29, 1.82) is 0 Å². The van der Waals surface area contributed by atoms with Crippen LogP contribution in [0.4, 0.5) is 0 Å². The number of hydrogen-bond donors (Lipinski definition) is 0. The van der Waals surface area contributed by atoms with E-state index in [1.165, 1.54) is 6.04 Å². The molecule has 0 saturated carbocycles. The van der Waals surface area contributed by atoms with Crippen molar-refractivity contribution in [2.75, 3.05) is 0 Å². The van der Waals surface area contributed by atoms with Crippen molar-refractivity contribution in [3.63, 3.8) is 0 Å². The smallest absolute Gasteiger partial charge is 0.124 e. The van der Waals surface area contributed by atoms with Gasteiger partial charge in [0, 0.05) is 9.04 Å². The van der Waals surface area contributed by atoms with E-state index in [1.807, 2.05) is 0 Å². The molecule has 0 bridgehead atoms. The molecule has 0 N–H and O–H groups in total. The fourth-order valence-electron chi connectivity index (χ4n) is 0.358. The predicted molar refractivity (Wildman–Crippen MR) is 31.2 cm³/mol. The molecule has 3 heteroatoms. The molecule has 1 fully saturated rings. The highest BCUT2D eigenvalue weighted by atomic mass is 35.6. The minimum absolute atomic E-state index is 0.358. The first kappa shape index (κ1) is 3.90. The van der Waals surface area contributed by atoms with E-state index in [0.717, 1.165) is 0 Å². The van der Waals surface area contributed by atoms with Gasteiger partial charge in [0.1, 0.15) is 7.62 Å². The Labute approximate surface area is 40.4 Å². The lowest BCUT2D eigenvalue weighted by molar-refractivity contribution is 1.39. The number of halogens is 1. The standard InChI is InChI=1S/C2H7ClSi2/c3-5-2-1-4-5/h5H,1-2,4H2. The molecular formula is C2H7ClSi2. The molecule has 1 saturated heterocycles. The molecule has 30 valence electrons. The van der Waals surface area contributed by atoms with Crippen LogP contribution in [0.5, 0.6) is 0 Å². The van der Waals surface area contributed by atoms with Crippen molar-refractivity contribution in [2.24, 2.45) is 0 Å². The zero-order chi connectivity index (χ0) is 3.70. The Morgan fingerprint density at radius 2 is 2.20 bits per heavy atom. The van der Waals surface area contributed by atoms with E-state index in [0.29, 0.717) is 9.04 Å².